The van der Waals surface area contributed by atoms with Gasteiger partial charge in [-0.25, -0.2) is 19.2 Å². The summed E-state index contributed by atoms with van der Waals surface area (Å²) in [5.41, 5.74) is 2.10. The van der Waals surface area contributed by atoms with Gasteiger partial charge in [-0.15, -0.1) is 0 Å². The summed E-state index contributed by atoms with van der Waals surface area (Å²) in [6.45, 7) is 0.399. The molecule has 4 aliphatic rings. The average Bonchev–Trinajstić information content (AvgIpc) is 3.44. The number of rotatable bonds is 7. The Labute approximate surface area is 189 Å². The van der Waals surface area contributed by atoms with Gasteiger partial charge in [0.15, 0.2) is 5.82 Å². The van der Waals surface area contributed by atoms with E-state index in [1.54, 1.807) is 25.4 Å². The molecule has 2 bridgehead atoms. The van der Waals surface area contributed by atoms with E-state index in [1.165, 1.54) is 0 Å². The third-order valence-corrected chi connectivity index (χ3v) is 7.13. The molecule has 174 valence electrons. The van der Waals surface area contributed by atoms with Gasteiger partial charge in [-0.1, -0.05) is 0 Å². The van der Waals surface area contributed by atoms with E-state index in [0.29, 0.717) is 36.9 Å². The quantitative estimate of drug-likeness (QED) is 0.501. The van der Waals surface area contributed by atoms with Crippen LogP contribution in [0.3, 0.4) is 0 Å². The van der Waals surface area contributed by atoms with Gasteiger partial charge in [0.05, 0.1) is 12.3 Å². The second-order valence-corrected chi connectivity index (χ2v) is 9.45. The molecule has 0 saturated heterocycles. The predicted molar refractivity (Wildman–Crippen MR) is 116 cm³/mol. The van der Waals surface area contributed by atoms with Crippen LogP contribution in [0.5, 0.6) is 0 Å². The summed E-state index contributed by atoms with van der Waals surface area (Å²) in [5.74, 6) is 1.40. The molecule has 3 heterocycles. The molecule has 0 spiro atoms. The first-order valence-corrected chi connectivity index (χ1v) is 11.3. The predicted octanol–water partition coefficient (Wildman–Crippen LogP) is 3.21. The number of imidazole rings is 1. The van der Waals surface area contributed by atoms with E-state index in [-0.39, 0.29) is 5.54 Å². The number of aromatic nitrogens is 5. The number of anilines is 2. The number of halogens is 1. The van der Waals surface area contributed by atoms with Gasteiger partial charge in [0.25, 0.3) is 0 Å². The molecule has 0 aromatic carbocycles. The number of carbonyl (C=O) groups is 1. The Kier molecular flexibility index (Phi) is 4.75. The highest BCUT2D eigenvalue weighted by atomic mass is 19.1. The smallest absolute Gasteiger partial charge is 0.407 e. The number of ether oxygens (including phenoxy) is 2. The van der Waals surface area contributed by atoms with Crippen molar-refractivity contribution in [2.75, 3.05) is 12.4 Å². The Morgan fingerprint density at radius 1 is 1.36 bits per heavy atom. The largest absolute Gasteiger partial charge is 0.443 e. The van der Waals surface area contributed by atoms with Gasteiger partial charge in [0, 0.05) is 42.7 Å². The minimum absolute atomic E-state index is 0.0774. The second-order valence-electron chi connectivity index (χ2n) is 9.45. The lowest BCUT2D eigenvalue weighted by Gasteiger charge is -2.61. The Balaban J connectivity index is 1.11. The maximum atomic E-state index is 15.1. The molecule has 3 aromatic heterocycles. The highest BCUT2D eigenvalue weighted by Gasteiger charge is 2.58. The van der Waals surface area contributed by atoms with E-state index in [9.17, 15) is 4.79 Å². The van der Waals surface area contributed by atoms with Crippen LogP contribution in [0.25, 0.3) is 5.65 Å². The summed E-state index contributed by atoms with van der Waals surface area (Å²) in [5, 5.41) is 13.3. The highest BCUT2D eigenvalue weighted by Crippen LogP contribution is 2.57. The molecular weight excluding hydrogens is 429 g/mol. The van der Waals surface area contributed by atoms with Crippen LogP contribution in [-0.2, 0) is 16.1 Å². The number of nitrogens with one attached hydrogen (secondary N) is 3. The van der Waals surface area contributed by atoms with E-state index in [1.807, 2.05) is 10.6 Å². The zero-order valence-corrected chi connectivity index (χ0v) is 18.3. The number of hydrogen-bond donors (Lipinski definition) is 3. The molecule has 10 nitrogen and oxygen atoms in total. The maximum absolute atomic E-state index is 15.1. The van der Waals surface area contributed by atoms with Crippen molar-refractivity contribution in [1.29, 1.82) is 0 Å². The van der Waals surface area contributed by atoms with Gasteiger partial charge >= 0.3 is 6.09 Å². The van der Waals surface area contributed by atoms with E-state index in [4.69, 9.17) is 9.47 Å². The van der Waals surface area contributed by atoms with Gasteiger partial charge in [0.1, 0.15) is 17.9 Å². The van der Waals surface area contributed by atoms with Crippen LogP contribution in [0, 0.1) is 5.92 Å². The fourth-order valence-electron chi connectivity index (χ4n) is 5.37. The molecule has 4 aliphatic carbocycles. The summed E-state index contributed by atoms with van der Waals surface area (Å²) in [6.07, 6.45) is 5.08. The molecule has 4 fully saturated rings. The van der Waals surface area contributed by atoms with Crippen LogP contribution in [0.4, 0.5) is 21.0 Å². The van der Waals surface area contributed by atoms with E-state index in [0.717, 1.165) is 36.5 Å². The fraction of sp³-hybridized carbons (Fsp3) is 0.545. The van der Waals surface area contributed by atoms with Crippen molar-refractivity contribution in [2.45, 2.75) is 62.4 Å². The number of amides is 1. The Hall–Kier alpha value is -3.21. The normalized spacial score (nSPS) is 30.0. The first kappa shape index (κ1) is 20.4. The summed E-state index contributed by atoms with van der Waals surface area (Å²) >= 11 is 0. The Morgan fingerprint density at radius 3 is 2.97 bits per heavy atom. The maximum Gasteiger partial charge on any atom is 0.407 e. The standard InChI is InChI=1S/C22H26FN7O3/c1-32-11-13-10-30-18(25-13)4-5-24-20(30)26-17-6-15(28-29-17)14-2-3-16(19(14)23)33-21(31)27-22-7-12(8-22)9-22/h4-6,10,12,14,16,19H,2-3,7-9,11H2,1H3,(H,27,31)(H2,24,26,28,29)/t12?,14-,16-,19-,22?/m0/s1. The van der Waals surface area contributed by atoms with Gasteiger partial charge < -0.3 is 20.1 Å². The zero-order valence-electron chi connectivity index (χ0n) is 18.3. The van der Waals surface area contributed by atoms with Crippen molar-refractivity contribution in [3.63, 3.8) is 0 Å². The van der Waals surface area contributed by atoms with Crippen LogP contribution in [0.1, 0.15) is 49.4 Å². The van der Waals surface area contributed by atoms with Crippen LogP contribution >= 0.6 is 0 Å². The van der Waals surface area contributed by atoms with E-state index in [2.05, 4.69) is 30.8 Å². The van der Waals surface area contributed by atoms with Crippen molar-refractivity contribution < 1.29 is 18.7 Å². The van der Waals surface area contributed by atoms with Gasteiger partial charge in [0.2, 0.25) is 5.95 Å². The SMILES string of the molecule is COCc1cn2c(Nc3cc([C@@H]4CC[C@H](OC(=O)NC56CC(C5)C6)[C@H]4F)[nH]n3)nccc2n1. The molecule has 0 aliphatic heterocycles. The molecule has 11 heteroatoms. The minimum atomic E-state index is -1.29. The number of methoxy groups -OCH3 is 1. The van der Waals surface area contributed by atoms with Crippen LogP contribution in [0.2, 0.25) is 0 Å². The number of H-pyrrole nitrogens is 1. The van der Waals surface area contributed by atoms with E-state index < -0.39 is 24.3 Å². The summed E-state index contributed by atoms with van der Waals surface area (Å²) in [4.78, 5) is 21.1. The summed E-state index contributed by atoms with van der Waals surface area (Å²) in [7, 11) is 1.62. The monoisotopic (exact) mass is 455 g/mol. The van der Waals surface area contributed by atoms with Crippen molar-refractivity contribution in [3.05, 3.63) is 35.9 Å². The molecule has 7 rings (SSSR count). The summed E-state index contributed by atoms with van der Waals surface area (Å²) < 4.78 is 27.5. The van der Waals surface area contributed by atoms with Gasteiger partial charge in [-0.05, 0) is 44.1 Å². The first-order valence-electron chi connectivity index (χ1n) is 11.3. The lowest BCUT2D eigenvalue weighted by molar-refractivity contribution is -0.0532. The van der Waals surface area contributed by atoms with Crippen LogP contribution < -0.4 is 10.6 Å². The number of alkyl halides is 1. The van der Waals surface area contributed by atoms with Crippen molar-refractivity contribution in [3.8, 4) is 0 Å². The van der Waals surface area contributed by atoms with E-state index >= 15 is 4.39 Å². The van der Waals surface area contributed by atoms with Crippen LogP contribution in [-0.4, -0.2) is 55.6 Å². The van der Waals surface area contributed by atoms with Crippen molar-refractivity contribution in [2.24, 2.45) is 5.92 Å². The number of alkyl carbamates (subject to hydrolysis) is 1. The lowest BCUT2D eigenvalue weighted by atomic mass is 9.50. The summed E-state index contributed by atoms with van der Waals surface area (Å²) in [6, 6.07) is 3.58. The molecule has 4 saturated carbocycles. The lowest BCUT2D eigenvalue weighted by Crippen LogP contribution is -2.68. The molecular formula is C22H26FN7O3. The van der Waals surface area contributed by atoms with Gasteiger partial charge in [-0.2, -0.15) is 5.10 Å². The van der Waals surface area contributed by atoms with Crippen LogP contribution in [0.15, 0.2) is 24.5 Å². The first-order chi connectivity index (χ1) is 16.0. The zero-order chi connectivity index (χ0) is 22.6. The van der Waals surface area contributed by atoms with Gasteiger partial charge in [-0.3, -0.25) is 9.50 Å². The topological polar surface area (TPSA) is 118 Å². The number of hydrogen-bond acceptors (Lipinski definition) is 7. The third kappa shape index (κ3) is 3.60. The number of nitrogens with zero attached hydrogens (tertiary/aromatic N) is 4. The number of fused-ring (bicyclic) bond motifs is 1. The molecule has 1 amide bonds. The molecule has 3 N–H and O–H groups in total. The molecule has 33 heavy (non-hydrogen) atoms. The second kappa shape index (κ2) is 7.68. The minimum Gasteiger partial charge on any atom is -0.443 e. The van der Waals surface area contributed by atoms with Crippen molar-refractivity contribution >= 4 is 23.5 Å². The Morgan fingerprint density at radius 2 is 2.21 bits per heavy atom. The third-order valence-electron chi connectivity index (χ3n) is 7.13. The average molecular weight is 455 g/mol. The highest BCUT2D eigenvalue weighted by molar-refractivity contribution is 5.69. The molecule has 0 unspecified atom stereocenters. The number of carbonyl (C=O) groups excluding carboxylic acids is 1. The number of aromatic amines is 1. The van der Waals surface area contributed by atoms with Crippen molar-refractivity contribution in [1.82, 2.24) is 29.9 Å². The Bertz CT molecular complexity index is 1180. The fourth-order valence-corrected chi connectivity index (χ4v) is 5.37. The molecule has 0 radical (unpaired) electrons. The molecule has 3 aromatic rings. The molecule has 3 atom stereocenters.